The fourth-order valence-corrected chi connectivity index (χ4v) is 0.464. The molecule has 0 atom stereocenters. The lowest BCUT2D eigenvalue weighted by molar-refractivity contribution is -0.135. The number of carbonyl (C=O) groups is 2. The topological polar surface area (TPSA) is 65.0 Å². The molecule has 0 heterocycles. The third kappa shape index (κ3) is 3.70. The van der Waals surface area contributed by atoms with Gasteiger partial charge in [0.15, 0.2) is 0 Å². The molecular weight excluding hydrogens is 162 g/mol. The zero-order chi connectivity index (χ0) is 9.56. The van der Waals surface area contributed by atoms with Crippen LogP contribution in [0.5, 0.6) is 0 Å². The van der Waals surface area contributed by atoms with Crippen LogP contribution in [0, 0.1) is 0 Å². The standard InChI is InChI=1S/C7H11NO4/c1-4-12-6(9)5(2)8-7(10)11-3/h4H2,1-3H3. The van der Waals surface area contributed by atoms with Gasteiger partial charge in [-0.15, -0.1) is 0 Å². The molecule has 0 aromatic carbocycles. The van der Waals surface area contributed by atoms with E-state index in [4.69, 9.17) is 0 Å². The molecule has 1 amide bonds. The summed E-state index contributed by atoms with van der Waals surface area (Å²) in [4.78, 5) is 24.6. The number of nitrogens with zero attached hydrogens (tertiary/aromatic N) is 1. The van der Waals surface area contributed by atoms with Crippen molar-refractivity contribution >= 4 is 17.8 Å². The van der Waals surface area contributed by atoms with Crippen molar-refractivity contribution in [3.05, 3.63) is 0 Å². The molecule has 5 nitrogen and oxygen atoms in total. The molecule has 68 valence electrons. The average Bonchev–Trinajstić information content (AvgIpc) is 2.04. The highest BCUT2D eigenvalue weighted by Crippen LogP contribution is 1.87. The fraction of sp³-hybridized carbons (Fsp3) is 0.571. The van der Waals surface area contributed by atoms with Crippen LogP contribution >= 0.6 is 0 Å². The van der Waals surface area contributed by atoms with Gasteiger partial charge in [-0.25, -0.2) is 9.59 Å². The summed E-state index contributed by atoms with van der Waals surface area (Å²) in [7, 11) is 1.18. The number of amides is 1. The quantitative estimate of drug-likeness (QED) is 0.457. The average molecular weight is 173 g/mol. The van der Waals surface area contributed by atoms with Gasteiger partial charge < -0.3 is 9.47 Å². The second kappa shape index (κ2) is 5.29. The first kappa shape index (κ1) is 10.6. The highest BCUT2D eigenvalue weighted by Gasteiger charge is 2.08. The van der Waals surface area contributed by atoms with Crippen LogP contribution in [0.3, 0.4) is 0 Å². The van der Waals surface area contributed by atoms with Gasteiger partial charge in [0.25, 0.3) is 0 Å². The Kier molecular flexibility index (Phi) is 4.67. The molecule has 0 bridgehead atoms. The van der Waals surface area contributed by atoms with Gasteiger partial charge in [-0.3, -0.25) is 0 Å². The van der Waals surface area contributed by atoms with Crippen LogP contribution < -0.4 is 0 Å². The van der Waals surface area contributed by atoms with Crippen LogP contribution in [-0.4, -0.2) is 31.5 Å². The van der Waals surface area contributed by atoms with Crippen molar-refractivity contribution in [2.45, 2.75) is 13.8 Å². The van der Waals surface area contributed by atoms with Crippen molar-refractivity contribution in [2.75, 3.05) is 13.7 Å². The van der Waals surface area contributed by atoms with Gasteiger partial charge in [0, 0.05) is 0 Å². The van der Waals surface area contributed by atoms with E-state index in [9.17, 15) is 9.59 Å². The zero-order valence-corrected chi connectivity index (χ0v) is 7.29. The van der Waals surface area contributed by atoms with Crippen LogP contribution in [0.25, 0.3) is 0 Å². The van der Waals surface area contributed by atoms with Crippen LogP contribution in [0.2, 0.25) is 0 Å². The maximum atomic E-state index is 10.8. The number of hydrogen-bond acceptors (Lipinski definition) is 4. The van der Waals surface area contributed by atoms with Gasteiger partial charge in [-0.1, -0.05) is 0 Å². The van der Waals surface area contributed by atoms with E-state index in [0.29, 0.717) is 0 Å². The summed E-state index contributed by atoms with van der Waals surface area (Å²) >= 11 is 0. The van der Waals surface area contributed by atoms with E-state index < -0.39 is 12.1 Å². The van der Waals surface area contributed by atoms with Crippen molar-refractivity contribution in [1.29, 1.82) is 0 Å². The first-order valence-corrected chi connectivity index (χ1v) is 3.42. The molecule has 0 unspecified atom stereocenters. The van der Waals surface area contributed by atoms with Crippen LogP contribution in [-0.2, 0) is 14.3 Å². The van der Waals surface area contributed by atoms with Crippen molar-refractivity contribution in [1.82, 2.24) is 0 Å². The highest BCUT2D eigenvalue weighted by atomic mass is 16.5. The first-order valence-electron chi connectivity index (χ1n) is 3.42. The number of methoxy groups -OCH3 is 1. The van der Waals surface area contributed by atoms with Crippen LogP contribution in [0.1, 0.15) is 13.8 Å². The van der Waals surface area contributed by atoms with Gasteiger partial charge in [-0.05, 0) is 13.8 Å². The zero-order valence-electron chi connectivity index (χ0n) is 7.29. The number of esters is 1. The Morgan fingerprint density at radius 3 is 2.42 bits per heavy atom. The predicted octanol–water partition coefficient (Wildman–Crippen LogP) is 0.777. The van der Waals surface area contributed by atoms with E-state index in [1.807, 2.05) is 0 Å². The third-order valence-electron chi connectivity index (χ3n) is 1.00. The van der Waals surface area contributed by atoms with Crippen LogP contribution in [0.15, 0.2) is 4.99 Å². The third-order valence-corrected chi connectivity index (χ3v) is 1.00. The molecule has 0 aromatic rings. The molecule has 0 spiro atoms. The van der Waals surface area contributed by atoms with Gasteiger partial charge in [0.2, 0.25) is 0 Å². The largest absolute Gasteiger partial charge is 0.462 e. The molecule has 0 fully saturated rings. The summed E-state index contributed by atoms with van der Waals surface area (Å²) in [6, 6.07) is 0. The maximum absolute atomic E-state index is 10.8. The van der Waals surface area contributed by atoms with Crippen molar-refractivity contribution < 1.29 is 19.1 Å². The van der Waals surface area contributed by atoms with E-state index in [0.717, 1.165) is 0 Å². The second-order valence-corrected chi connectivity index (χ2v) is 1.89. The molecule has 0 aliphatic heterocycles. The summed E-state index contributed by atoms with van der Waals surface area (Å²) in [5, 5.41) is 0. The maximum Gasteiger partial charge on any atom is 0.433 e. The number of hydrogen-bond donors (Lipinski definition) is 0. The second-order valence-electron chi connectivity index (χ2n) is 1.89. The smallest absolute Gasteiger partial charge is 0.433 e. The normalized spacial score (nSPS) is 10.8. The Bertz CT molecular complexity index is 209. The lowest BCUT2D eigenvalue weighted by Gasteiger charge is -1.98. The monoisotopic (exact) mass is 173 g/mol. The minimum atomic E-state index is -0.805. The summed E-state index contributed by atoms with van der Waals surface area (Å²) in [6.45, 7) is 3.31. The Morgan fingerprint density at radius 2 is 2.00 bits per heavy atom. The minimum absolute atomic E-state index is 0.0105. The molecule has 0 aliphatic carbocycles. The van der Waals surface area contributed by atoms with E-state index in [-0.39, 0.29) is 12.3 Å². The number of aliphatic imine (C=N–C) groups is 1. The molecule has 12 heavy (non-hydrogen) atoms. The molecule has 0 aliphatic rings. The predicted molar refractivity (Wildman–Crippen MR) is 42.1 cm³/mol. The van der Waals surface area contributed by atoms with Gasteiger partial charge >= 0.3 is 12.1 Å². The van der Waals surface area contributed by atoms with Gasteiger partial charge in [0.1, 0.15) is 5.71 Å². The summed E-state index contributed by atoms with van der Waals surface area (Å²) in [5.41, 5.74) is -0.0105. The van der Waals surface area contributed by atoms with E-state index in [2.05, 4.69) is 14.5 Å². The molecule has 5 heteroatoms. The summed E-state index contributed by atoms with van der Waals surface area (Å²) in [6.07, 6.45) is -0.805. The SMILES string of the molecule is CCOC(=O)C(C)=NC(=O)OC. The van der Waals surface area contributed by atoms with Gasteiger partial charge in [0.05, 0.1) is 13.7 Å². The molecule has 0 rings (SSSR count). The summed E-state index contributed by atoms with van der Waals surface area (Å²) in [5.74, 6) is -0.608. The number of ether oxygens (including phenoxy) is 2. The lowest BCUT2D eigenvalue weighted by atomic mass is 10.4. The number of carbonyl (C=O) groups excluding carboxylic acids is 2. The van der Waals surface area contributed by atoms with Crippen molar-refractivity contribution in [3.8, 4) is 0 Å². The Morgan fingerprint density at radius 1 is 1.42 bits per heavy atom. The molecule has 0 saturated heterocycles. The molecule has 0 saturated carbocycles. The van der Waals surface area contributed by atoms with E-state index in [1.54, 1.807) is 6.92 Å². The molecule has 0 N–H and O–H groups in total. The van der Waals surface area contributed by atoms with E-state index >= 15 is 0 Å². The first-order chi connectivity index (χ1) is 5.61. The van der Waals surface area contributed by atoms with Gasteiger partial charge in [-0.2, -0.15) is 4.99 Å². The Labute approximate surface area is 70.4 Å². The molecule has 0 radical (unpaired) electrons. The minimum Gasteiger partial charge on any atom is -0.462 e. The van der Waals surface area contributed by atoms with Crippen molar-refractivity contribution in [3.63, 3.8) is 0 Å². The molecular formula is C7H11NO4. The summed E-state index contributed by atoms with van der Waals surface area (Å²) < 4.78 is 8.79. The van der Waals surface area contributed by atoms with Crippen molar-refractivity contribution in [2.24, 2.45) is 4.99 Å². The van der Waals surface area contributed by atoms with E-state index in [1.165, 1.54) is 14.0 Å². The van der Waals surface area contributed by atoms with Crippen LogP contribution in [0.4, 0.5) is 4.79 Å². The highest BCUT2D eigenvalue weighted by molar-refractivity contribution is 6.36. The number of rotatable bonds is 2. The molecule has 0 aromatic heterocycles. The lowest BCUT2D eigenvalue weighted by Crippen LogP contribution is -2.15. The Balaban J connectivity index is 4.17. The Hall–Kier alpha value is -1.39. The fourth-order valence-electron chi connectivity index (χ4n) is 0.464.